The van der Waals surface area contributed by atoms with Gasteiger partial charge >= 0.3 is 0 Å². The van der Waals surface area contributed by atoms with Crippen LogP contribution in [0.3, 0.4) is 0 Å². The van der Waals surface area contributed by atoms with Crippen LogP contribution in [-0.4, -0.2) is 34.6 Å². The number of benzene rings is 2. The topological polar surface area (TPSA) is 99.0 Å². The van der Waals surface area contributed by atoms with Crippen molar-refractivity contribution in [3.05, 3.63) is 67.0 Å². The minimum Gasteiger partial charge on any atom is -0.493 e. The molecule has 35 heavy (non-hydrogen) atoms. The quantitative estimate of drug-likeness (QED) is 0.204. The summed E-state index contributed by atoms with van der Waals surface area (Å²) in [5.41, 5.74) is 1.31. The van der Waals surface area contributed by atoms with Gasteiger partial charge in [0.2, 0.25) is 0 Å². The number of non-ortho nitro benzene ring substituents is 1. The summed E-state index contributed by atoms with van der Waals surface area (Å²) in [6.07, 6.45) is 7.33. The number of ether oxygens (including phenoxy) is 2. The summed E-state index contributed by atoms with van der Waals surface area (Å²) in [5.74, 6) is 0.985. The van der Waals surface area contributed by atoms with Crippen LogP contribution in [0.2, 0.25) is 0 Å². The number of halogens is 1. The smallest absolute Gasteiger partial charge is 0.293 e. The number of nitro groups is 1. The van der Waals surface area contributed by atoms with E-state index in [0.717, 1.165) is 37.4 Å². The van der Waals surface area contributed by atoms with Crippen LogP contribution in [0.1, 0.15) is 43.2 Å². The zero-order chi connectivity index (χ0) is 24.9. The van der Waals surface area contributed by atoms with Gasteiger partial charge in [0.25, 0.3) is 16.8 Å². The molecule has 2 aromatic carbocycles. The molecular formula is C25H25BrN2O6S. The lowest BCUT2D eigenvalue weighted by molar-refractivity contribution is -0.384. The number of nitrogens with zero attached hydrogens (tertiary/aromatic N) is 2. The summed E-state index contributed by atoms with van der Waals surface area (Å²) in [4.78, 5) is 37.8. The Labute approximate surface area is 215 Å². The van der Waals surface area contributed by atoms with Crippen LogP contribution in [-0.2, 0) is 11.4 Å². The molecule has 1 saturated carbocycles. The highest BCUT2D eigenvalue weighted by molar-refractivity contribution is 9.10. The fourth-order valence-electron chi connectivity index (χ4n) is 4.32. The van der Waals surface area contributed by atoms with E-state index in [9.17, 15) is 19.7 Å². The molecule has 184 valence electrons. The number of carbonyl (C=O) groups is 2. The van der Waals surface area contributed by atoms with Gasteiger partial charge in [0.15, 0.2) is 11.5 Å². The lowest BCUT2D eigenvalue weighted by atomic mass is 9.89. The average Bonchev–Trinajstić information content (AvgIpc) is 3.11. The number of hydrogen-bond acceptors (Lipinski definition) is 7. The SMILES string of the molecule is COc1cc(/C=C2/SC(=O)N(CC3CCCCC3)C2=O)cc(Br)c1OCc1cccc([N+](=O)[O-])c1. The second-order valence-corrected chi connectivity index (χ2v) is 10.4. The predicted molar refractivity (Wildman–Crippen MR) is 137 cm³/mol. The fraction of sp³-hybridized carbons (Fsp3) is 0.360. The first kappa shape index (κ1) is 25.2. The van der Waals surface area contributed by atoms with Crippen molar-refractivity contribution in [1.29, 1.82) is 0 Å². The Balaban J connectivity index is 1.49. The van der Waals surface area contributed by atoms with E-state index in [-0.39, 0.29) is 23.4 Å². The number of imide groups is 1. The van der Waals surface area contributed by atoms with Crippen molar-refractivity contribution in [2.24, 2.45) is 5.92 Å². The highest BCUT2D eigenvalue weighted by atomic mass is 79.9. The van der Waals surface area contributed by atoms with E-state index in [1.807, 2.05) is 0 Å². The Morgan fingerprint density at radius 2 is 1.97 bits per heavy atom. The molecule has 2 fully saturated rings. The first-order chi connectivity index (χ1) is 16.9. The Kier molecular flexibility index (Phi) is 8.12. The number of carbonyl (C=O) groups excluding carboxylic acids is 2. The van der Waals surface area contributed by atoms with Crippen molar-refractivity contribution in [3.63, 3.8) is 0 Å². The molecule has 1 saturated heterocycles. The van der Waals surface area contributed by atoms with Crippen LogP contribution in [0.15, 0.2) is 45.8 Å². The minimum absolute atomic E-state index is 0.00934. The minimum atomic E-state index is -0.453. The van der Waals surface area contributed by atoms with Crippen molar-refractivity contribution in [1.82, 2.24) is 4.90 Å². The van der Waals surface area contributed by atoms with Crippen LogP contribution in [0.4, 0.5) is 10.5 Å². The van der Waals surface area contributed by atoms with E-state index >= 15 is 0 Å². The molecule has 1 aliphatic carbocycles. The lowest BCUT2D eigenvalue weighted by Crippen LogP contribution is -2.34. The van der Waals surface area contributed by atoms with Gasteiger partial charge < -0.3 is 9.47 Å². The van der Waals surface area contributed by atoms with Crippen molar-refractivity contribution >= 4 is 50.6 Å². The van der Waals surface area contributed by atoms with Gasteiger partial charge in [0.1, 0.15) is 6.61 Å². The molecule has 0 aromatic heterocycles. The Morgan fingerprint density at radius 1 is 1.20 bits per heavy atom. The van der Waals surface area contributed by atoms with Gasteiger partial charge in [-0.1, -0.05) is 31.4 Å². The third-order valence-electron chi connectivity index (χ3n) is 6.09. The summed E-state index contributed by atoms with van der Waals surface area (Å²) >= 11 is 4.45. The lowest BCUT2D eigenvalue weighted by Gasteiger charge is -2.25. The highest BCUT2D eigenvalue weighted by Gasteiger charge is 2.36. The average molecular weight is 561 g/mol. The Hall–Kier alpha value is -2.85. The van der Waals surface area contributed by atoms with Crippen molar-refractivity contribution in [2.45, 2.75) is 38.7 Å². The van der Waals surface area contributed by atoms with E-state index in [1.165, 1.54) is 30.6 Å². The molecule has 8 nitrogen and oxygen atoms in total. The van der Waals surface area contributed by atoms with Crippen molar-refractivity contribution < 1.29 is 24.0 Å². The van der Waals surface area contributed by atoms with Gasteiger partial charge in [-0.05, 0) is 75.8 Å². The number of amides is 2. The van der Waals surface area contributed by atoms with Gasteiger partial charge in [-0.2, -0.15) is 0 Å². The zero-order valence-corrected chi connectivity index (χ0v) is 21.6. The van der Waals surface area contributed by atoms with Crippen molar-refractivity contribution in [3.8, 4) is 11.5 Å². The summed E-state index contributed by atoms with van der Waals surface area (Å²) in [6.45, 7) is 0.593. The normalized spacial score (nSPS) is 17.8. The molecule has 2 aromatic rings. The molecule has 2 amide bonds. The molecule has 4 rings (SSSR count). The molecule has 2 aliphatic rings. The van der Waals surface area contributed by atoms with E-state index < -0.39 is 4.92 Å². The predicted octanol–water partition coefficient (Wildman–Crippen LogP) is 6.56. The summed E-state index contributed by atoms with van der Waals surface area (Å²) in [6, 6.07) is 9.73. The Morgan fingerprint density at radius 3 is 2.69 bits per heavy atom. The van der Waals surface area contributed by atoms with Gasteiger partial charge in [-0.15, -0.1) is 0 Å². The first-order valence-corrected chi connectivity index (χ1v) is 13.0. The van der Waals surface area contributed by atoms with Crippen LogP contribution < -0.4 is 9.47 Å². The molecule has 1 heterocycles. The molecular weight excluding hydrogens is 536 g/mol. The van der Waals surface area contributed by atoms with E-state index in [2.05, 4.69) is 15.9 Å². The maximum atomic E-state index is 12.9. The Bertz CT molecular complexity index is 1180. The number of methoxy groups -OCH3 is 1. The van der Waals surface area contributed by atoms with Gasteiger partial charge in [-0.3, -0.25) is 24.6 Å². The fourth-order valence-corrected chi connectivity index (χ4v) is 5.74. The molecule has 0 unspecified atom stereocenters. The van der Waals surface area contributed by atoms with Gasteiger partial charge in [0, 0.05) is 18.7 Å². The third-order valence-corrected chi connectivity index (χ3v) is 7.59. The van der Waals surface area contributed by atoms with Crippen LogP contribution in [0.25, 0.3) is 6.08 Å². The second kappa shape index (κ2) is 11.3. The third kappa shape index (κ3) is 6.05. The van der Waals surface area contributed by atoms with E-state index in [4.69, 9.17) is 9.47 Å². The molecule has 0 N–H and O–H groups in total. The largest absolute Gasteiger partial charge is 0.493 e. The van der Waals surface area contributed by atoms with Crippen LogP contribution >= 0.6 is 27.7 Å². The molecule has 0 atom stereocenters. The monoisotopic (exact) mass is 560 g/mol. The first-order valence-electron chi connectivity index (χ1n) is 11.3. The molecule has 1 aliphatic heterocycles. The second-order valence-electron chi connectivity index (χ2n) is 8.55. The van der Waals surface area contributed by atoms with E-state index in [1.54, 1.807) is 30.3 Å². The molecule has 0 radical (unpaired) electrons. The van der Waals surface area contributed by atoms with E-state index in [0.29, 0.717) is 44.5 Å². The highest BCUT2D eigenvalue weighted by Crippen LogP contribution is 2.40. The van der Waals surface area contributed by atoms with Gasteiger partial charge in [0.05, 0.1) is 21.4 Å². The van der Waals surface area contributed by atoms with Crippen molar-refractivity contribution in [2.75, 3.05) is 13.7 Å². The number of nitro benzene ring substituents is 1. The maximum absolute atomic E-state index is 12.9. The van der Waals surface area contributed by atoms with Crippen LogP contribution in [0.5, 0.6) is 11.5 Å². The van der Waals surface area contributed by atoms with Gasteiger partial charge in [-0.25, -0.2) is 0 Å². The number of rotatable bonds is 8. The molecule has 10 heteroatoms. The summed E-state index contributed by atoms with van der Waals surface area (Å²) in [5, 5.41) is 10.8. The maximum Gasteiger partial charge on any atom is 0.293 e. The summed E-state index contributed by atoms with van der Waals surface area (Å²) < 4.78 is 12.0. The summed E-state index contributed by atoms with van der Waals surface area (Å²) in [7, 11) is 1.50. The zero-order valence-electron chi connectivity index (χ0n) is 19.2. The number of thioether (sulfide) groups is 1. The molecule has 0 bridgehead atoms. The molecule has 0 spiro atoms. The van der Waals surface area contributed by atoms with Crippen LogP contribution in [0, 0.1) is 16.0 Å². The standard InChI is InChI=1S/C25H25BrN2O6S/c1-33-21-12-18(11-20(26)23(21)34-15-17-8-5-9-19(10-17)28(31)32)13-22-24(29)27(25(30)35-22)14-16-6-3-2-4-7-16/h5,8-13,16H,2-4,6-7,14-15H2,1H3/b22-13+. The number of hydrogen-bond donors (Lipinski definition) is 0.